The summed E-state index contributed by atoms with van der Waals surface area (Å²) in [7, 11) is 1.97. The predicted molar refractivity (Wildman–Crippen MR) is 110 cm³/mol. The first-order valence-corrected chi connectivity index (χ1v) is 9.30. The van der Waals surface area contributed by atoms with Crippen LogP contribution in [-0.4, -0.2) is 24.5 Å². The van der Waals surface area contributed by atoms with Crippen LogP contribution >= 0.6 is 0 Å². The number of pyridine rings is 1. The van der Waals surface area contributed by atoms with Crippen molar-refractivity contribution in [3.05, 3.63) is 83.6 Å². The quantitative estimate of drug-likeness (QED) is 0.679. The van der Waals surface area contributed by atoms with Crippen LogP contribution in [0.4, 0.5) is 17.2 Å². The summed E-state index contributed by atoms with van der Waals surface area (Å²) in [4.78, 5) is 21.5. The van der Waals surface area contributed by atoms with Gasteiger partial charge in [0.05, 0.1) is 5.56 Å². The molecule has 4 rings (SSSR count). The number of fused-ring (bicyclic) bond motifs is 1. The second-order valence-corrected chi connectivity index (χ2v) is 6.99. The molecule has 1 amide bonds. The summed E-state index contributed by atoms with van der Waals surface area (Å²) in [5.41, 5.74) is 5.20. The lowest BCUT2D eigenvalue weighted by Crippen LogP contribution is -2.35. The van der Waals surface area contributed by atoms with Crippen LogP contribution in [-0.2, 0) is 6.42 Å². The molecule has 27 heavy (non-hydrogen) atoms. The summed E-state index contributed by atoms with van der Waals surface area (Å²) in [5.74, 6) is 0.827. The number of rotatable bonds is 3. The Labute approximate surface area is 160 Å². The van der Waals surface area contributed by atoms with Crippen LogP contribution in [0.25, 0.3) is 0 Å². The molecule has 4 heteroatoms. The topological polar surface area (TPSA) is 36.4 Å². The number of hydrogen-bond acceptors (Lipinski definition) is 3. The average Bonchev–Trinajstić information content (AvgIpc) is 2.73. The standard InChI is InChI=1S/C23H23N3O/c1-17-10-12-21-18(15-17)7-6-14-26(21)23(27)19-11-13-22(24-16-19)25(2)20-8-4-3-5-9-20/h3-5,8-13,15-16H,6-7,14H2,1-2H3. The highest BCUT2D eigenvalue weighted by Crippen LogP contribution is 2.29. The number of benzene rings is 2. The number of carbonyl (C=O) groups is 1. The summed E-state index contributed by atoms with van der Waals surface area (Å²) in [6.07, 6.45) is 3.70. The molecule has 0 unspecified atom stereocenters. The lowest BCUT2D eigenvalue weighted by molar-refractivity contribution is 0.0985. The van der Waals surface area contributed by atoms with Gasteiger partial charge < -0.3 is 9.80 Å². The number of carbonyl (C=O) groups excluding carboxylic acids is 1. The SMILES string of the molecule is Cc1ccc2c(c1)CCCN2C(=O)c1ccc(N(C)c2ccccc2)nc1. The molecule has 0 saturated carbocycles. The number of nitrogens with zero attached hydrogens (tertiary/aromatic N) is 3. The van der Waals surface area contributed by atoms with Gasteiger partial charge in [0, 0.05) is 31.2 Å². The Balaban J connectivity index is 1.57. The van der Waals surface area contributed by atoms with Crippen LogP contribution < -0.4 is 9.80 Å². The largest absolute Gasteiger partial charge is 0.329 e. The van der Waals surface area contributed by atoms with Crippen molar-refractivity contribution in [2.75, 3.05) is 23.4 Å². The van der Waals surface area contributed by atoms with E-state index in [-0.39, 0.29) is 5.91 Å². The lowest BCUT2D eigenvalue weighted by atomic mass is 9.99. The molecule has 0 radical (unpaired) electrons. The number of amides is 1. The highest BCUT2D eigenvalue weighted by atomic mass is 16.2. The monoisotopic (exact) mass is 357 g/mol. The van der Waals surface area contributed by atoms with E-state index in [1.165, 1.54) is 11.1 Å². The summed E-state index contributed by atoms with van der Waals surface area (Å²) < 4.78 is 0. The molecule has 1 aliphatic rings. The van der Waals surface area contributed by atoms with E-state index >= 15 is 0 Å². The average molecular weight is 357 g/mol. The number of aromatic nitrogens is 1. The van der Waals surface area contributed by atoms with E-state index in [1.807, 2.05) is 59.3 Å². The van der Waals surface area contributed by atoms with Crippen molar-refractivity contribution in [1.29, 1.82) is 0 Å². The minimum atomic E-state index is 0.0150. The fourth-order valence-electron chi connectivity index (χ4n) is 3.59. The van der Waals surface area contributed by atoms with E-state index in [4.69, 9.17) is 0 Å². The number of para-hydroxylation sites is 1. The molecule has 0 spiro atoms. The number of hydrogen-bond donors (Lipinski definition) is 0. The van der Waals surface area contributed by atoms with Crippen LogP contribution in [0.5, 0.6) is 0 Å². The smallest absolute Gasteiger partial charge is 0.259 e. The van der Waals surface area contributed by atoms with E-state index < -0.39 is 0 Å². The van der Waals surface area contributed by atoms with E-state index in [2.05, 4.69) is 30.1 Å². The van der Waals surface area contributed by atoms with Crippen LogP contribution in [0.1, 0.15) is 27.9 Å². The molecule has 4 nitrogen and oxygen atoms in total. The molecule has 0 bridgehead atoms. The van der Waals surface area contributed by atoms with Gasteiger partial charge in [-0.15, -0.1) is 0 Å². The molecular formula is C23H23N3O. The lowest BCUT2D eigenvalue weighted by Gasteiger charge is -2.30. The Hall–Kier alpha value is -3.14. The van der Waals surface area contributed by atoms with Crippen molar-refractivity contribution in [3.8, 4) is 0 Å². The molecule has 1 aromatic heterocycles. The van der Waals surface area contributed by atoms with Crippen LogP contribution in [0, 0.1) is 6.92 Å². The maximum atomic E-state index is 13.1. The van der Waals surface area contributed by atoms with Gasteiger partial charge in [-0.2, -0.15) is 0 Å². The fourth-order valence-corrected chi connectivity index (χ4v) is 3.59. The van der Waals surface area contributed by atoms with Crippen molar-refractivity contribution >= 4 is 23.1 Å². The van der Waals surface area contributed by atoms with Crippen molar-refractivity contribution in [3.63, 3.8) is 0 Å². The van der Waals surface area contributed by atoms with Gasteiger partial charge >= 0.3 is 0 Å². The van der Waals surface area contributed by atoms with Crippen molar-refractivity contribution in [1.82, 2.24) is 4.98 Å². The van der Waals surface area contributed by atoms with Crippen molar-refractivity contribution < 1.29 is 4.79 Å². The fraction of sp³-hybridized carbons (Fsp3) is 0.217. The summed E-state index contributed by atoms with van der Waals surface area (Å²) in [6.45, 7) is 2.84. The minimum absolute atomic E-state index is 0.0150. The third kappa shape index (κ3) is 3.43. The third-order valence-electron chi connectivity index (χ3n) is 5.08. The Morgan fingerprint density at radius 1 is 1.07 bits per heavy atom. The summed E-state index contributed by atoms with van der Waals surface area (Å²) in [5, 5.41) is 0. The first-order valence-electron chi connectivity index (χ1n) is 9.30. The second-order valence-electron chi connectivity index (χ2n) is 6.99. The molecule has 2 aromatic carbocycles. The molecule has 3 aromatic rings. The van der Waals surface area contributed by atoms with Gasteiger partial charge in [0.25, 0.3) is 5.91 Å². The van der Waals surface area contributed by atoms with Crippen molar-refractivity contribution in [2.24, 2.45) is 0 Å². The van der Waals surface area contributed by atoms with Gasteiger partial charge in [-0.1, -0.05) is 35.9 Å². The van der Waals surface area contributed by atoms with Gasteiger partial charge in [-0.25, -0.2) is 4.98 Å². The minimum Gasteiger partial charge on any atom is -0.329 e. The third-order valence-corrected chi connectivity index (χ3v) is 5.08. The normalized spacial score (nSPS) is 13.2. The van der Waals surface area contributed by atoms with Gasteiger partial charge in [0.15, 0.2) is 0 Å². The molecule has 2 heterocycles. The molecular weight excluding hydrogens is 334 g/mol. The first kappa shape index (κ1) is 17.3. The zero-order valence-electron chi connectivity index (χ0n) is 15.7. The molecule has 0 atom stereocenters. The predicted octanol–water partition coefficient (Wildman–Crippen LogP) is 4.75. The Kier molecular flexibility index (Phi) is 4.63. The Morgan fingerprint density at radius 2 is 1.89 bits per heavy atom. The summed E-state index contributed by atoms with van der Waals surface area (Å²) in [6, 6.07) is 20.1. The van der Waals surface area contributed by atoms with E-state index in [9.17, 15) is 4.79 Å². The van der Waals surface area contributed by atoms with Gasteiger partial charge in [-0.3, -0.25) is 4.79 Å². The molecule has 0 aliphatic carbocycles. The number of aryl methyl sites for hydroxylation is 2. The van der Waals surface area contributed by atoms with Crippen LogP contribution in [0.15, 0.2) is 66.9 Å². The van der Waals surface area contributed by atoms with Crippen molar-refractivity contribution in [2.45, 2.75) is 19.8 Å². The van der Waals surface area contributed by atoms with Gasteiger partial charge in [0.1, 0.15) is 5.82 Å². The van der Waals surface area contributed by atoms with E-state index in [0.29, 0.717) is 5.56 Å². The van der Waals surface area contributed by atoms with Gasteiger partial charge in [-0.05, 0) is 55.7 Å². The van der Waals surface area contributed by atoms with Gasteiger partial charge in [0.2, 0.25) is 0 Å². The highest BCUT2D eigenvalue weighted by Gasteiger charge is 2.24. The van der Waals surface area contributed by atoms with Crippen LogP contribution in [0.3, 0.4) is 0 Å². The molecule has 0 N–H and O–H groups in total. The highest BCUT2D eigenvalue weighted by molar-refractivity contribution is 6.06. The Bertz CT molecular complexity index is 951. The van der Waals surface area contributed by atoms with E-state index in [0.717, 1.165) is 36.6 Å². The number of anilines is 3. The summed E-state index contributed by atoms with van der Waals surface area (Å²) >= 11 is 0. The zero-order valence-corrected chi connectivity index (χ0v) is 15.7. The Morgan fingerprint density at radius 3 is 2.63 bits per heavy atom. The molecule has 1 aliphatic heterocycles. The van der Waals surface area contributed by atoms with Crippen LogP contribution in [0.2, 0.25) is 0 Å². The van der Waals surface area contributed by atoms with E-state index in [1.54, 1.807) is 6.20 Å². The maximum Gasteiger partial charge on any atom is 0.259 e. The zero-order chi connectivity index (χ0) is 18.8. The molecule has 0 saturated heterocycles. The molecule has 136 valence electrons. The molecule has 0 fully saturated rings. The first-order chi connectivity index (χ1) is 13.1. The second kappa shape index (κ2) is 7.23. The maximum absolute atomic E-state index is 13.1.